The van der Waals surface area contributed by atoms with Gasteiger partial charge in [-0.15, -0.1) is 0 Å². The summed E-state index contributed by atoms with van der Waals surface area (Å²) in [6.45, 7) is 12.1. The van der Waals surface area contributed by atoms with E-state index in [1.54, 1.807) is 0 Å². The molecule has 2 nitrogen and oxygen atoms in total. The standard InChI is InChI=1S/C16H25NO/c1-6-17(7-2)16(18)9-8-15-13(4)10-12(3)11-14(15)5/h10-11H,6-9H2,1-5H3. The van der Waals surface area contributed by atoms with Crippen molar-refractivity contribution in [3.8, 4) is 0 Å². The molecule has 0 atom stereocenters. The molecule has 1 rings (SSSR count). The highest BCUT2D eigenvalue weighted by molar-refractivity contribution is 5.76. The maximum absolute atomic E-state index is 12.0. The second kappa shape index (κ2) is 6.58. The van der Waals surface area contributed by atoms with Crippen LogP contribution in [0.5, 0.6) is 0 Å². The molecule has 0 aliphatic carbocycles. The van der Waals surface area contributed by atoms with Gasteiger partial charge in [-0.3, -0.25) is 4.79 Å². The first kappa shape index (κ1) is 14.7. The number of carbonyl (C=O) groups is 1. The Labute approximate surface area is 111 Å². The predicted molar refractivity (Wildman–Crippen MR) is 76.9 cm³/mol. The van der Waals surface area contributed by atoms with Gasteiger partial charge in [0, 0.05) is 19.5 Å². The first-order valence-corrected chi connectivity index (χ1v) is 6.84. The summed E-state index contributed by atoms with van der Waals surface area (Å²) in [5.41, 5.74) is 5.24. The number of amides is 1. The van der Waals surface area contributed by atoms with E-state index in [1.165, 1.54) is 22.3 Å². The van der Waals surface area contributed by atoms with E-state index in [0.29, 0.717) is 6.42 Å². The number of carbonyl (C=O) groups excluding carboxylic acids is 1. The Morgan fingerprint density at radius 1 is 1.06 bits per heavy atom. The maximum Gasteiger partial charge on any atom is 0.222 e. The van der Waals surface area contributed by atoms with Crippen LogP contribution in [0.4, 0.5) is 0 Å². The van der Waals surface area contributed by atoms with Crippen LogP contribution >= 0.6 is 0 Å². The summed E-state index contributed by atoms with van der Waals surface area (Å²) in [7, 11) is 0. The van der Waals surface area contributed by atoms with Gasteiger partial charge < -0.3 is 4.90 Å². The van der Waals surface area contributed by atoms with Crippen LogP contribution in [-0.2, 0) is 11.2 Å². The van der Waals surface area contributed by atoms with E-state index in [4.69, 9.17) is 0 Å². The molecule has 100 valence electrons. The van der Waals surface area contributed by atoms with Crippen LogP contribution in [0.2, 0.25) is 0 Å². The highest BCUT2D eigenvalue weighted by Crippen LogP contribution is 2.18. The fraction of sp³-hybridized carbons (Fsp3) is 0.562. The Balaban J connectivity index is 2.72. The van der Waals surface area contributed by atoms with E-state index < -0.39 is 0 Å². The minimum Gasteiger partial charge on any atom is -0.343 e. The van der Waals surface area contributed by atoms with Gasteiger partial charge in [0.2, 0.25) is 5.91 Å². The third-order valence-corrected chi connectivity index (χ3v) is 3.55. The predicted octanol–water partition coefficient (Wildman–Crippen LogP) is 3.41. The smallest absolute Gasteiger partial charge is 0.222 e. The van der Waals surface area contributed by atoms with Crippen molar-refractivity contribution >= 4 is 5.91 Å². The van der Waals surface area contributed by atoms with Crippen molar-refractivity contribution in [2.24, 2.45) is 0 Å². The molecule has 18 heavy (non-hydrogen) atoms. The third-order valence-electron chi connectivity index (χ3n) is 3.55. The highest BCUT2D eigenvalue weighted by Gasteiger charge is 2.11. The Morgan fingerprint density at radius 3 is 2.00 bits per heavy atom. The lowest BCUT2D eigenvalue weighted by atomic mass is 9.96. The van der Waals surface area contributed by atoms with Gasteiger partial charge in [0.25, 0.3) is 0 Å². The number of aryl methyl sites for hydroxylation is 3. The number of benzene rings is 1. The van der Waals surface area contributed by atoms with E-state index in [2.05, 4.69) is 32.9 Å². The van der Waals surface area contributed by atoms with Crippen molar-refractivity contribution in [3.63, 3.8) is 0 Å². The second-order valence-corrected chi connectivity index (χ2v) is 4.94. The molecular weight excluding hydrogens is 222 g/mol. The zero-order valence-electron chi connectivity index (χ0n) is 12.3. The van der Waals surface area contributed by atoms with Crippen LogP contribution in [0.25, 0.3) is 0 Å². The van der Waals surface area contributed by atoms with Crippen LogP contribution in [-0.4, -0.2) is 23.9 Å². The fourth-order valence-electron chi connectivity index (χ4n) is 2.57. The van der Waals surface area contributed by atoms with Crippen molar-refractivity contribution in [2.75, 3.05) is 13.1 Å². The Kier molecular flexibility index (Phi) is 5.39. The summed E-state index contributed by atoms with van der Waals surface area (Å²) in [6.07, 6.45) is 1.47. The van der Waals surface area contributed by atoms with Crippen LogP contribution < -0.4 is 0 Å². The average molecular weight is 247 g/mol. The van der Waals surface area contributed by atoms with Gasteiger partial charge in [-0.05, 0) is 57.7 Å². The zero-order valence-corrected chi connectivity index (χ0v) is 12.3. The van der Waals surface area contributed by atoms with Gasteiger partial charge in [0.1, 0.15) is 0 Å². The molecule has 0 aliphatic rings. The molecule has 0 N–H and O–H groups in total. The minimum atomic E-state index is 0.263. The maximum atomic E-state index is 12.0. The molecule has 0 aliphatic heterocycles. The Bertz CT molecular complexity index is 396. The quantitative estimate of drug-likeness (QED) is 0.781. The average Bonchev–Trinajstić information content (AvgIpc) is 2.29. The molecule has 0 heterocycles. The Morgan fingerprint density at radius 2 is 1.56 bits per heavy atom. The molecule has 0 spiro atoms. The molecule has 1 aromatic carbocycles. The van der Waals surface area contributed by atoms with Crippen molar-refractivity contribution in [2.45, 2.75) is 47.5 Å². The minimum absolute atomic E-state index is 0.263. The summed E-state index contributed by atoms with van der Waals surface area (Å²) in [5, 5.41) is 0. The molecule has 2 heteroatoms. The van der Waals surface area contributed by atoms with Crippen molar-refractivity contribution < 1.29 is 4.79 Å². The van der Waals surface area contributed by atoms with Crippen LogP contribution in [0.15, 0.2) is 12.1 Å². The molecule has 0 unspecified atom stereocenters. The number of hydrogen-bond donors (Lipinski definition) is 0. The van der Waals surface area contributed by atoms with Crippen molar-refractivity contribution in [3.05, 3.63) is 34.4 Å². The number of nitrogens with zero attached hydrogens (tertiary/aromatic N) is 1. The molecule has 1 amide bonds. The van der Waals surface area contributed by atoms with Gasteiger partial charge in [0.05, 0.1) is 0 Å². The van der Waals surface area contributed by atoms with Crippen LogP contribution in [0.1, 0.15) is 42.5 Å². The molecule has 0 aromatic heterocycles. The monoisotopic (exact) mass is 247 g/mol. The SMILES string of the molecule is CCN(CC)C(=O)CCc1c(C)cc(C)cc1C. The lowest BCUT2D eigenvalue weighted by Crippen LogP contribution is -2.30. The lowest BCUT2D eigenvalue weighted by Gasteiger charge is -2.19. The van der Waals surface area contributed by atoms with Gasteiger partial charge in [-0.25, -0.2) is 0 Å². The first-order valence-electron chi connectivity index (χ1n) is 6.84. The van der Waals surface area contributed by atoms with Gasteiger partial charge >= 0.3 is 0 Å². The van der Waals surface area contributed by atoms with Crippen molar-refractivity contribution in [1.29, 1.82) is 0 Å². The summed E-state index contributed by atoms with van der Waals surface area (Å²) < 4.78 is 0. The van der Waals surface area contributed by atoms with Crippen LogP contribution in [0, 0.1) is 20.8 Å². The fourth-order valence-corrected chi connectivity index (χ4v) is 2.57. The van der Waals surface area contributed by atoms with E-state index in [-0.39, 0.29) is 5.91 Å². The summed E-state index contributed by atoms with van der Waals surface area (Å²) >= 11 is 0. The zero-order chi connectivity index (χ0) is 13.7. The van der Waals surface area contributed by atoms with Crippen LogP contribution in [0.3, 0.4) is 0 Å². The van der Waals surface area contributed by atoms with Gasteiger partial charge in [0.15, 0.2) is 0 Å². The normalized spacial score (nSPS) is 10.5. The topological polar surface area (TPSA) is 20.3 Å². The Hall–Kier alpha value is -1.31. The lowest BCUT2D eigenvalue weighted by molar-refractivity contribution is -0.130. The molecule has 0 fully saturated rings. The molecule has 0 saturated heterocycles. The van der Waals surface area contributed by atoms with E-state index in [1.807, 2.05) is 18.7 Å². The summed E-state index contributed by atoms with van der Waals surface area (Å²) in [6, 6.07) is 4.40. The number of rotatable bonds is 5. The largest absolute Gasteiger partial charge is 0.343 e. The summed E-state index contributed by atoms with van der Waals surface area (Å²) in [5.74, 6) is 0.263. The van der Waals surface area contributed by atoms with E-state index in [0.717, 1.165) is 19.5 Å². The summed E-state index contributed by atoms with van der Waals surface area (Å²) in [4.78, 5) is 13.9. The molecule has 1 aromatic rings. The van der Waals surface area contributed by atoms with E-state index in [9.17, 15) is 4.79 Å². The molecular formula is C16H25NO. The first-order chi connectivity index (χ1) is 8.49. The molecule has 0 radical (unpaired) electrons. The van der Waals surface area contributed by atoms with E-state index >= 15 is 0 Å². The third kappa shape index (κ3) is 3.59. The van der Waals surface area contributed by atoms with Gasteiger partial charge in [-0.1, -0.05) is 17.7 Å². The molecule has 0 bridgehead atoms. The van der Waals surface area contributed by atoms with Gasteiger partial charge in [-0.2, -0.15) is 0 Å². The highest BCUT2D eigenvalue weighted by atomic mass is 16.2. The molecule has 0 saturated carbocycles. The van der Waals surface area contributed by atoms with Crippen molar-refractivity contribution in [1.82, 2.24) is 4.90 Å². The second-order valence-electron chi connectivity index (χ2n) is 4.94. The number of hydrogen-bond acceptors (Lipinski definition) is 1.